The highest BCUT2D eigenvalue weighted by Crippen LogP contribution is 2.25. The van der Waals surface area contributed by atoms with Crippen molar-refractivity contribution in [3.05, 3.63) is 28.8 Å². The van der Waals surface area contributed by atoms with Crippen molar-refractivity contribution in [1.82, 2.24) is 0 Å². The average Bonchev–Trinajstić information content (AvgIpc) is 2.19. The molecule has 0 fully saturated rings. The van der Waals surface area contributed by atoms with E-state index in [2.05, 4.69) is 0 Å². The lowest BCUT2D eigenvalue weighted by atomic mass is 10.1. The summed E-state index contributed by atoms with van der Waals surface area (Å²) >= 11 is 6.04. The van der Waals surface area contributed by atoms with E-state index in [1.54, 1.807) is 0 Å². The van der Waals surface area contributed by atoms with Gasteiger partial charge in [0.25, 0.3) is 0 Å². The molecule has 1 aromatic carbocycles. The highest BCUT2D eigenvalue weighted by molar-refractivity contribution is 6.33. The predicted octanol–water partition coefficient (Wildman–Crippen LogP) is 2.81. The lowest BCUT2D eigenvalue weighted by molar-refractivity contribution is -0.137. The maximum atomic E-state index is 10.4. The lowest BCUT2D eigenvalue weighted by Crippen LogP contribution is -2.09. The van der Waals surface area contributed by atoms with Gasteiger partial charge in [-0.25, -0.2) is 0 Å². The topological polar surface area (TPSA) is 40.5 Å². The van der Waals surface area contributed by atoms with E-state index in [1.165, 1.54) is 0 Å². The molecule has 0 amide bonds. The van der Waals surface area contributed by atoms with Gasteiger partial charge in [-0.3, -0.25) is 4.79 Å². The first kappa shape index (κ1) is 12.8. The van der Waals surface area contributed by atoms with Gasteiger partial charge < -0.3 is 10.0 Å². The second-order valence-electron chi connectivity index (χ2n) is 3.93. The number of benzene rings is 1. The van der Waals surface area contributed by atoms with Gasteiger partial charge in [-0.15, -0.1) is 0 Å². The molecule has 1 aromatic rings. The number of hydrogen-bond acceptors (Lipinski definition) is 2. The first-order chi connectivity index (χ1) is 7.50. The van der Waals surface area contributed by atoms with E-state index in [4.69, 9.17) is 16.7 Å². The molecule has 0 aliphatic heterocycles. The Bertz CT molecular complexity index is 377. The Balaban J connectivity index is 2.67. The monoisotopic (exact) mass is 241 g/mol. The second kappa shape index (κ2) is 5.75. The van der Waals surface area contributed by atoms with E-state index in [0.29, 0.717) is 11.4 Å². The number of hydrogen-bond donors (Lipinski definition) is 1. The van der Waals surface area contributed by atoms with Crippen LogP contribution in [0.3, 0.4) is 0 Å². The summed E-state index contributed by atoms with van der Waals surface area (Å²) in [5.41, 5.74) is 2.09. The fraction of sp³-hybridized carbons (Fsp3) is 0.417. The summed E-state index contributed by atoms with van der Waals surface area (Å²) in [5, 5.41) is 9.26. The minimum absolute atomic E-state index is 0.208. The van der Waals surface area contributed by atoms with Gasteiger partial charge in [0.15, 0.2) is 0 Å². The molecule has 0 bridgehead atoms. The SMILES string of the molecule is CN(C)c1cc(CCCC(=O)O)ccc1Cl. The maximum absolute atomic E-state index is 10.4. The number of nitrogens with zero attached hydrogens (tertiary/aromatic N) is 1. The molecular weight excluding hydrogens is 226 g/mol. The van der Waals surface area contributed by atoms with Gasteiger partial charge in [-0.2, -0.15) is 0 Å². The third-order valence-electron chi connectivity index (χ3n) is 2.35. The van der Waals surface area contributed by atoms with Crippen molar-refractivity contribution in [3.63, 3.8) is 0 Å². The van der Waals surface area contributed by atoms with Crippen molar-refractivity contribution in [2.45, 2.75) is 19.3 Å². The molecule has 0 saturated heterocycles. The Labute approximate surface area is 101 Å². The Morgan fingerprint density at radius 2 is 2.12 bits per heavy atom. The number of rotatable bonds is 5. The predicted molar refractivity (Wildman–Crippen MR) is 66.4 cm³/mol. The fourth-order valence-corrected chi connectivity index (χ4v) is 1.79. The van der Waals surface area contributed by atoms with Crippen LogP contribution in [0.5, 0.6) is 0 Å². The standard InChI is InChI=1S/C12H16ClNO2/c1-14(2)11-8-9(6-7-10(11)13)4-3-5-12(15)16/h6-8H,3-5H2,1-2H3,(H,15,16). The van der Waals surface area contributed by atoms with Gasteiger partial charge in [-0.1, -0.05) is 17.7 Å². The number of carbonyl (C=O) groups is 1. The van der Waals surface area contributed by atoms with E-state index < -0.39 is 5.97 Å². The molecule has 0 heterocycles. The van der Waals surface area contributed by atoms with Crippen LogP contribution in [0.1, 0.15) is 18.4 Å². The fourth-order valence-electron chi connectivity index (χ4n) is 1.50. The molecule has 0 aliphatic carbocycles. The molecule has 0 aliphatic rings. The van der Waals surface area contributed by atoms with Gasteiger partial charge in [0.2, 0.25) is 0 Å². The van der Waals surface area contributed by atoms with Gasteiger partial charge in [-0.05, 0) is 30.5 Å². The van der Waals surface area contributed by atoms with Crippen molar-refractivity contribution in [3.8, 4) is 0 Å². The summed E-state index contributed by atoms with van der Waals surface area (Å²) < 4.78 is 0. The molecule has 0 spiro atoms. The van der Waals surface area contributed by atoms with E-state index in [0.717, 1.165) is 17.7 Å². The largest absolute Gasteiger partial charge is 0.481 e. The zero-order valence-corrected chi connectivity index (χ0v) is 10.3. The number of aryl methyl sites for hydroxylation is 1. The van der Waals surface area contributed by atoms with E-state index in [9.17, 15) is 4.79 Å². The zero-order valence-electron chi connectivity index (χ0n) is 9.53. The van der Waals surface area contributed by atoms with Crippen LogP contribution in [0.4, 0.5) is 5.69 Å². The minimum atomic E-state index is -0.748. The first-order valence-electron chi connectivity index (χ1n) is 5.18. The third-order valence-corrected chi connectivity index (χ3v) is 2.67. The van der Waals surface area contributed by atoms with Gasteiger partial charge in [0.05, 0.1) is 10.7 Å². The first-order valence-corrected chi connectivity index (χ1v) is 5.56. The molecule has 3 nitrogen and oxygen atoms in total. The summed E-state index contributed by atoms with van der Waals surface area (Å²) in [7, 11) is 3.87. The molecule has 0 aromatic heterocycles. The smallest absolute Gasteiger partial charge is 0.303 e. The van der Waals surface area contributed by atoms with Crippen LogP contribution in [0.2, 0.25) is 5.02 Å². The number of aliphatic carboxylic acids is 1. The molecule has 1 N–H and O–H groups in total. The van der Waals surface area contributed by atoms with Crippen molar-refractivity contribution in [2.75, 3.05) is 19.0 Å². The van der Waals surface area contributed by atoms with Crippen LogP contribution in [-0.4, -0.2) is 25.2 Å². The number of carboxylic acids is 1. The lowest BCUT2D eigenvalue weighted by Gasteiger charge is -2.15. The highest BCUT2D eigenvalue weighted by Gasteiger charge is 2.04. The molecule has 0 saturated carbocycles. The Hall–Kier alpha value is -1.22. The summed E-state index contributed by atoms with van der Waals surface area (Å²) in [6.45, 7) is 0. The minimum Gasteiger partial charge on any atom is -0.481 e. The van der Waals surface area contributed by atoms with Crippen LogP contribution in [0.25, 0.3) is 0 Å². The van der Waals surface area contributed by atoms with Crippen LogP contribution < -0.4 is 4.90 Å². The van der Waals surface area contributed by atoms with Crippen LogP contribution in [0.15, 0.2) is 18.2 Å². The van der Waals surface area contributed by atoms with Crippen molar-refractivity contribution < 1.29 is 9.90 Å². The van der Waals surface area contributed by atoms with E-state index in [1.807, 2.05) is 37.2 Å². The summed E-state index contributed by atoms with van der Waals surface area (Å²) in [5.74, 6) is -0.748. The maximum Gasteiger partial charge on any atom is 0.303 e. The van der Waals surface area contributed by atoms with Crippen molar-refractivity contribution in [2.24, 2.45) is 0 Å². The molecule has 1 rings (SSSR count). The Kier molecular flexibility index (Phi) is 4.62. The van der Waals surface area contributed by atoms with Crippen LogP contribution >= 0.6 is 11.6 Å². The Morgan fingerprint density at radius 1 is 1.44 bits per heavy atom. The molecule has 16 heavy (non-hydrogen) atoms. The summed E-state index contributed by atoms with van der Waals surface area (Å²) in [6, 6.07) is 5.80. The molecule has 88 valence electrons. The van der Waals surface area contributed by atoms with Crippen LogP contribution in [-0.2, 0) is 11.2 Å². The number of carboxylic acid groups (broad SMARTS) is 1. The molecule has 0 atom stereocenters. The highest BCUT2D eigenvalue weighted by atomic mass is 35.5. The van der Waals surface area contributed by atoms with Gasteiger partial charge in [0.1, 0.15) is 0 Å². The summed E-state index contributed by atoms with van der Waals surface area (Å²) in [6.07, 6.45) is 1.63. The van der Waals surface area contributed by atoms with E-state index in [-0.39, 0.29) is 6.42 Å². The van der Waals surface area contributed by atoms with Gasteiger partial charge >= 0.3 is 5.97 Å². The van der Waals surface area contributed by atoms with Gasteiger partial charge in [0, 0.05) is 20.5 Å². The van der Waals surface area contributed by atoms with Crippen molar-refractivity contribution >= 4 is 23.3 Å². The quantitative estimate of drug-likeness (QED) is 0.862. The Morgan fingerprint density at radius 3 is 2.69 bits per heavy atom. The average molecular weight is 242 g/mol. The zero-order chi connectivity index (χ0) is 12.1. The molecule has 4 heteroatoms. The molecular formula is C12H16ClNO2. The second-order valence-corrected chi connectivity index (χ2v) is 4.33. The van der Waals surface area contributed by atoms with Crippen molar-refractivity contribution in [1.29, 1.82) is 0 Å². The van der Waals surface area contributed by atoms with E-state index >= 15 is 0 Å². The van der Waals surface area contributed by atoms with Crippen LogP contribution in [0, 0.1) is 0 Å². The number of halogens is 1. The molecule has 0 unspecified atom stereocenters. The molecule has 0 radical (unpaired) electrons. The third kappa shape index (κ3) is 3.74. The summed E-state index contributed by atoms with van der Waals surface area (Å²) in [4.78, 5) is 12.3. The number of anilines is 1. The normalized spacial score (nSPS) is 10.2.